The maximum atomic E-state index is 12.2. The van der Waals surface area contributed by atoms with Crippen molar-refractivity contribution >= 4 is 40.0 Å². The van der Waals surface area contributed by atoms with Gasteiger partial charge in [0.25, 0.3) is 0 Å². The third-order valence-corrected chi connectivity index (χ3v) is 4.63. The van der Waals surface area contributed by atoms with E-state index in [1.165, 1.54) is 24.3 Å². The fourth-order valence-electron chi connectivity index (χ4n) is 2.61. The van der Waals surface area contributed by atoms with Gasteiger partial charge in [-0.25, -0.2) is 4.98 Å². The summed E-state index contributed by atoms with van der Waals surface area (Å²) in [6, 6.07) is 14.9. The maximum absolute atomic E-state index is 12.2. The molecule has 0 aliphatic rings. The van der Waals surface area contributed by atoms with E-state index in [0.29, 0.717) is 11.7 Å². The highest BCUT2D eigenvalue weighted by molar-refractivity contribution is 7.14. The largest absolute Gasteiger partial charge is 0.493 e. The second kappa shape index (κ2) is 9.66. The smallest absolute Gasteiger partial charge is 0.250 e. The zero-order valence-electron chi connectivity index (χ0n) is 16.1. The molecular formula is C22H21N3O3S. The van der Waals surface area contributed by atoms with Crippen molar-refractivity contribution in [2.24, 2.45) is 0 Å². The van der Waals surface area contributed by atoms with Crippen LogP contribution in [-0.4, -0.2) is 23.4 Å². The topological polar surface area (TPSA) is 80.3 Å². The highest BCUT2D eigenvalue weighted by Gasteiger charge is 2.07. The van der Waals surface area contributed by atoms with E-state index >= 15 is 0 Å². The van der Waals surface area contributed by atoms with E-state index in [1.807, 2.05) is 60.8 Å². The van der Waals surface area contributed by atoms with Crippen molar-refractivity contribution in [1.82, 2.24) is 4.98 Å². The van der Waals surface area contributed by atoms with Crippen LogP contribution in [0.3, 0.4) is 0 Å². The number of thiazole rings is 1. The molecule has 2 N–H and O–H groups in total. The number of amides is 2. The molecule has 29 heavy (non-hydrogen) atoms. The number of para-hydroxylation sites is 1. The summed E-state index contributed by atoms with van der Waals surface area (Å²) in [5.41, 5.74) is 3.22. The Bertz CT molecular complexity index is 1030. The molecule has 0 aliphatic heterocycles. The molecule has 0 spiro atoms. The molecular weight excluding hydrogens is 386 g/mol. The van der Waals surface area contributed by atoms with Crippen LogP contribution in [0.2, 0.25) is 0 Å². The molecule has 1 aromatic heterocycles. The first kappa shape index (κ1) is 20.3. The van der Waals surface area contributed by atoms with Gasteiger partial charge in [0.05, 0.1) is 12.3 Å². The molecule has 0 atom stereocenters. The molecule has 148 valence electrons. The normalized spacial score (nSPS) is 10.7. The molecule has 1 heterocycles. The molecule has 0 unspecified atom stereocenters. The van der Waals surface area contributed by atoms with Crippen molar-refractivity contribution in [3.8, 4) is 17.0 Å². The molecule has 6 nitrogen and oxygen atoms in total. The second-order valence-electron chi connectivity index (χ2n) is 6.09. The Morgan fingerprint density at radius 3 is 2.59 bits per heavy atom. The van der Waals surface area contributed by atoms with Gasteiger partial charge in [-0.15, -0.1) is 11.3 Å². The molecule has 3 rings (SSSR count). The van der Waals surface area contributed by atoms with Crippen molar-refractivity contribution in [3.63, 3.8) is 0 Å². The summed E-state index contributed by atoms with van der Waals surface area (Å²) < 4.78 is 5.55. The lowest BCUT2D eigenvalue weighted by Gasteiger charge is -2.06. The van der Waals surface area contributed by atoms with Crippen LogP contribution in [-0.2, 0) is 9.59 Å². The molecule has 2 aromatic carbocycles. The molecule has 0 saturated carbocycles. The zero-order valence-corrected chi connectivity index (χ0v) is 17.0. The second-order valence-corrected chi connectivity index (χ2v) is 6.95. The van der Waals surface area contributed by atoms with Crippen LogP contribution in [0.1, 0.15) is 19.4 Å². The standard InChI is InChI=1S/C22H21N3O3S/c1-3-28-20-7-5-4-6-17(20)10-13-21(27)25-22-24-19(14-29-22)16-8-11-18(12-9-16)23-15(2)26/h4-14H,3H2,1-2H3,(H,23,26)(H,24,25,27)/b13-10+. The third-order valence-electron chi connectivity index (χ3n) is 3.87. The number of carbonyl (C=O) groups is 2. The van der Waals surface area contributed by atoms with E-state index in [2.05, 4.69) is 15.6 Å². The van der Waals surface area contributed by atoms with E-state index in [9.17, 15) is 9.59 Å². The number of nitrogens with one attached hydrogen (secondary N) is 2. The number of rotatable bonds is 7. The van der Waals surface area contributed by atoms with E-state index < -0.39 is 0 Å². The number of aromatic nitrogens is 1. The highest BCUT2D eigenvalue weighted by atomic mass is 32.1. The van der Waals surface area contributed by atoms with Crippen LogP contribution in [0.4, 0.5) is 10.8 Å². The summed E-state index contributed by atoms with van der Waals surface area (Å²) in [4.78, 5) is 27.8. The fraction of sp³-hybridized carbons (Fsp3) is 0.136. The van der Waals surface area contributed by atoms with E-state index in [0.717, 1.165) is 28.3 Å². The van der Waals surface area contributed by atoms with Crippen LogP contribution in [0.25, 0.3) is 17.3 Å². The molecule has 0 aliphatic carbocycles. The highest BCUT2D eigenvalue weighted by Crippen LogP contribution is 2.26. The molecule has 0 fully saturated rings. The van der Waals surface area contributed by atoms with Gasteiger partial charge >= 0.3 is 0 Å². The third kappa shape index (κ3) is 5.76. The Labute approximate surface area is 173 Å². The average Bonchev–Trinajstić information content (AvgIpc) is 3.16. The molecule has 0 bridgehead atoms. The first-order valence-corrected chi connectivity index (χ1v) is 9.97. The van der Waals surface area contributed by atoms with Crippen molar-refractivity contribution in [2.75, 3.05) is 17.2 Å². The molecule has 0 radical (unpaired) electrons. The number of hydrogen-bond donors (Lipinski definition) is 2. The number of ether oxygens (including phenoxy) is 1. The van der Waals surface area contributed by atoms with E-state index in [1.54, 1.807) is 6.08 Å². The maximum Gasteiger partial charge on any atom is 0.250 e. The van der Waals surface area contributed by atoms with Gasteiger partial charge in [-0.2, -0.15) is 0 Å². The number of carbonyl (C=O) groups excluding carboxylic acids is 2. The molecule has 3 aromatic rings. The summed E-state index contributed by atoms with van der Waals surface area (Å²) in [6.45, 7) is 3.94. The Balaban J connectivity index is 1.64. The lowest BCUT2D eigenvalue weighted by atomic mass is 10.1. The van der Waals surface area contributed by atoms with Crippen LogP contribution >= 0.6 is 11.3 Å². The number of hydrogen-bond acceptors (Lipinski definition) is 5. The minimum Gasteiger partial charge on any atom is -0.493 e. The van der Waals surface area contributed by atoms with Crippen LogP contribution < -0.4 is 15.4 Å². The molecule has 0 saturated heterocycles. The lowest BCUT2D eigenvalue weighted by molar-refractivity contribution is -0.114. The Kier molecular flexibility index (Phi) is 6.76. The summed E-state index contributed by atoms with van der Waals surface area (Å²) in [5.74, 6) is 0.352. The first-order valence-electron chi connectivity index (χ1n) is 9.09. The van der Waals surface area contributed by atoms with Crippen molar-refractivity contribution in [1.29, 1.82) is 0 Å². The van der Waals surface area contributed by atoms with Gasteiger partial charge in [0.15, 0.2) is 5.13 Å². The number of benzene rings is 2. The van der Waals surface area contributed by atoms with Gasteiger partial charge in [-0.3, -0.25) is 14.9 Å². The van der Waals surface area contributed by atoms with Crippen molar-refractivity contribution in [3.05, 3.63) is 65.6 Å². The zero-order chi connectivity index (χ0) is 20.6. The van der Waals surface area contributed by atoms with Gasteiger partial charge in [-0.1, -0.05) is 30.3 Å². The molecule has 2 amide bonds. The van der Waals surface area contributed by atoms with Crippen molar-refractivity contribution < 1.29 is 14.3 Å². The predicted octanol–water partition coefficient (Wildman–Crippen LogP) is 4.82. The Hall–Kier alpha value is -3.45. The summed E-state index contributed by atoms with van der Waals surface area (Å²) in [6.07, 6.45) is 3.18. The van der Waals surface area contributed by atoms with Gasteiger partial charge in [0.2, 0.25) is 11.8 Å². The first-order chi connectivity index (χ1) is 14.0. The van der Waals surface area contributed by atoms with Gasteiger partial charge in [0, 0.05) is 35.2 Å². The minimum absolute atomic E-state index is 0.117. The number of nitrogens with zero attached hydrogens (tertiary/aromatic N) is 1. The summed E-state index contributed by atoms with van der Waals surface area (Å²) >= 11 is 1.35. The number of anilines is 2. The quantitative estimate of drug-likeness (QED) is 0.550. The average molecular weight is 407 g/mol. The lowest BCUT2D eigenvalue weighted by Crippen LogP contribution is -2.07. The van der Waals surface area contributed by atoms with Gasteiger partial charge < -0.3 is 10.1 Å². The molecule has 7 heteroatoms. The van der Waals surface area contributed by atoms with E-state index in [4.69, 9.17) is 4.74 Å². The Morgan fingerprint density at radius 2 is 1.86 bits per heavy atom. The SMILES string of the molecule is CCOc1ccccc1/C=C/C(=O)Nc1nc(-c2ccc(NC(C)=O)cc2)cs1. The van der Waals surface area contributed by atoms with Gasteiger partial charge in [0.1, 0.15) is 5.75 Å². The van der Waals surface area contributed by atoms with Crippen LogP contribution in [0.15, 0.2) is 60.0 Å². The van der Waals surface area contributed by atoms with Crippen molar-refractivity contribution in [2.45, 2.75) is 13.8 Å². The fourth-order valence-corrected chi connectivity index (χ4v) is 3.33. The summed E-state index contributed by atoms with van der Waals surface area (Å²) in [7, 11) is 0. The monoisotopic (exact) mass is 407 g/mol. The Morgan fingerprint density at radius 1 is 1.10 bits per heavy atom. The van der Waals surface area contributed by atoms with E-state index in [-0.39, 0.29) is 11.8 Å². The van der Waals surface area contributed by atoms with Crippen LogP contribution in [0, 0.1) is 0 Å². The predicted molar refractivity (Wildman–Crippen MR) is 117 cm³/mol. The minimum atomic E-state index is -0.266. The van der Waals surface area contributed by atoms with Gasteiger partial charge in [-0.05, 0) is 31.2 Å². The van der Waals surface area contributed by atoms with Crippen LogP contribution in [0.5, 0.6) is 5.75 Å². The summed E-state index contributed by atoms with van der Waals surface area (Å²) in [5, 5.41) is 7.88.